The van der Waals surface area contributed by atoms with Gasteiger partial charge in [0.1, 0.15) is 6.04 Å². The summed E-state index contributed by atoms with van der Waals surface area (Å²) in [7, 11) is 0. The molecule has 0 saturated heterocycles. The molecule has 0 fully saturated rings. The average molecular weight is 346 g/mol. The molecule has 0 amide bonds. The second kappa shape index (κ2) is 5.49. The topological polar surface area (TPSA) is 59.8 Å². The number of allylic oxidation sites excluding steroid dienone is 2. The lowest BCUT2D eigenvalue weighted by molar-refractivity contribution is -0.117. The second-order valence-electron chi connectivity index (χ2n) is 6.19. The molecule has 0 bridgehead atoms. The first kappa shape index (κ1) is 15.0. The number of hydrogen-bond acceptors (Lipinski definition) is 6. The van der Waals surface area contributed by atoms with Gasteiger partial charge in [-0.25, -0.2) is 4.68 Å². The van der Waals surface area contributed by atoms with Crippen molar-refractivity contribution in [2.45, 2.75) is 37.9 Å². The maximum atomic E-state index is 12.8. The molecule has 0 spiro atoms. The molecule has 23 heavy (non-hydrogen) atoms. The highest BCUT2D eigenvalue weighted by molar-refractivity contribution is 7.98. The minimum absolute atomic E-state index is 0.144. The maximum Gasteiger partial charge on any atom is 0.227 e. The summed E-state index contributed by atoms with van der Waals surface area (Å²) in [5, 5.41) is 10.8. The van der Waals surface area contributed by atoms with Crippen LogP contribution >= 0.6 is 23.1 Å². The number of rotatable bonds is 2. The fourth-order valence-corrected chi connectivity index (χ4v) is 4.75. The lowest BCUT2D eigenvalue weighted by atomic mass is 9.82. The Balaban J connectivity index is 1.92. The maximum absolute atomic E-state index is 12.8. The molecule has 0 radical (unpaired) electrons. The Morgan fingerprint density at radius 2 is 2.26 bits per heavy atom. The van der Waals surface area contributed by atoms with Gasteiger partial charge in [-0.05, 0) is 42.5 Å². The lowest BCUT2D eigenvalue weighted by Crippen LogP contribution is -2.33. The normalized spacial score (nSPS) is 23.5. The summed E-state index contributed by atoms with van der Waals surface area (Å²) in [5.74, 6) is 1.34. The van der Waals surface area contributed by atoms with Crippen LogP contribution in [-0.2, 0) is 4.79 Å². The van der Waals surface area contributed by atoms with Crippen molar-refractivity contribution in [2.75, 3.05) is 11.6 Å². The third-order valence-corrected chi connectivity index (χ3v) is 6.05. The van der Waals surface area contributed by atoms with Gasteiger partial charge in [-0.15, -0.1) is 16.4 Å². The molecule has 0 aromatic carbocycles. The van der Waals surface area contributed by atoms with E-state index in [-0.39, 0.29) is 11.8 Å². The molecule has 0 unspecified atom stereocenters. The van der Waals surface area contributed by atoms with Gasteiger partial charge in [-0.1, -0.05) is 18.7 Å². The number of hydrogen-bond donors (Lipinski definition) is 1. The summed E-state index contributed by atoms with van der Waals surface area (Å²) in [6.45, 7) is 4.22. The highest BCUT2D eigenvalue weighted by atomic mass is 32.2. The van der Waals surface area contributed by atoms with Gasteiger partial charge in [-0.3, -0.25) is 4.79 Å². The number of fused-ring (bicyclic) bond motifs is 1. The van der Waals surface area contributed by atoms with Crippen molar-refractivity contribution in [2.24, 2.45) is 5.92 Å². The fraction of sp³-hybridized carbons (Fsp3) is 0.438. The van der Waals surface area contributed by atoms with Crippen LogP contribution in [0.2, 0.25) is 0 Å². The summed E-state index contributed by atoms with van der Waals surface area (Å²) < 4.78 is 1.89. The van der Waals surface area contributed by atoms with E-state index in [1.165, 1.54) is 22.2 Å². The van der Waals surface area contributed by atoms with Crippen molar-refractivity contribution in [3.8, 4) is 0 Å². The second-order valence-corrected chi connectivity index (χ2v) is 7.91. The summed E-state index contributed by atoms with van der Waals surface area (Å²) >= 11 is 3.20. The standard InChI is InChI=1S/C16H18N4OS2/c1-8-6-10-12(11(21)7-8)13(14-9(2)4-5-23-14)20-15(17-10)18-16(19-20)22-3/h4-5,8,13H,6-7H2,1-3H3,(H,17,18,19)/t8-,13+/m1/s1. The number of ketones is 1. The van der Waals surface area contributed by atoms with Gasteiger partial charge in [0, 0.05) is 22.6 Å². The zero-order valence-corrected chi connectivity index (χ0v) is 14.9. The highest BCUT2D eigenvalue weighted by Gasteiger charge is 2.39. The number of aryl methyl sites for hydroxylation is 1. The van der Waals surface area contributed by atoms with E-state index < -0.39 is 0 Å². The summed E-state index contributed by atoms with van der Waals surface area (Å²) in [4.78, 5) is 18.5. The van der Waals surface area contributed by atoms with Crippen LogP contribution in [0, 0.1) is 12.8 Å². The van der Waals surface area contributed by atoms with E-state index in [1.807, 2.05) is 10.9 Å². The Morgan fingerprint density at radius 1 is 1.43 bits per heavy atom. The Hall–Kier alpha value is -1.60. The van der Waals surface area contributed by atoms with Gasteiger partial charge in [0.2, 0.25) is 11.1 Å². The molecular formula is C16H18N4OS2. The number of aromatic nitrogens is 3. The first-order chi connectivity index (χ1) is 11.1. The van der Waals surface area contributed by atoms with Crippen LogP contribution in [-0.4, -0.2) is 26.8 Å². The van der Waals surface area contributed by atoms with E-state index in [9.17, 15) is 4.79 Å². The van der Waals surface area contributed by atoms with Crippen molar-refractivity contribution in [3.05, 3.63) is 33.2 Å². The van der Waals surface area contributed by atoms with Crippen LogP contribution in [0.5, 0.6) is 0 Å². The molecule has 2 atom stereocenters. The largest absolute Gasteiger partial charge is 0.328 e. The summed E-state index contributed by atoms with van der Waals surface area (Å²) in [5.41, 5.74) is 3.10. The molecule has 2 aromatic heterocycles. The average Bonchev–Trinajstić information content (AvgIpc) is 3.10. The van der Waals surface area contributed by atoms with Crippen molar-refractivity contribution in [1.82, 2.24) is 14.8 Å². The van der Waals surface area contributed by atoms with Gasteiger partial charge in [0.25, 0.3) is 0 Å². The number of thiophene rings is 1. The Labute approximate surface area is 143 Å². The van der Waals surface area contributed by atoms with Crippen molar-refractivity contribution in [1.29, 1.82) is 0 Å². The minimum atomic E-state index is -0.144. The first-order valence-electron chi connectivity index (χ1n) is 7.66. The van der Waals surface area contributed by atoms with Gasteiger partial charge in [0.15, 0.2) is 5.78 Å². The SMILES string of the molecule is CSc1nc2n(n1)[C@H](c1sccc1C)C1=C(C[C@@H](C)CC1=O)N2. The summed E-state index contributed by atoms with van der Waals surface area (Å²) in [6, 6.07) is 1.96. The van der Waals surface area contributed by atoms with Gasteiger partial charge < -0.3 is 5.32 Å². The van der Waals surface area contributed by atoms with Crippen LogP contribution in [0.1, 0.15) is 36.2 Å². The first-order valence-corrected chi connectivity index (χ1v) is 9.76. The van der Waals surface area contributed by atoms with E-state index >= 15 is 0 Å². The zero-order chi connectivity index (χ0) is 16.1. The number of carbonyl (C=O) groups excluding carboxylic acids is 1. The number of nitrogens with zero attached hydrogens (tertiary/aromatic N) is 3. The molecule has 1 aliphatic carbocycles. The molecule has 2 aliphatic rings. The van der Waals surface area contributed by atoms with Crippen molar-refractivity contribution < 1.29 is 4.79 Å². The molecule has 3 heterocycles. The molecular weight excluding hydrogens is 328 g/mol. The number of carbonyl (C=O) groups is 1. The predicted octanol–water partition coefficient (Wildman–Crippen LogP) is 3.64. The third kappa shape index (κ3) is 2.33. The quantitative estimate of drug-likeness (QED) is 0.841. The number of Topliss-reactive ketones (excluding diaryl/α,β-unsaturated/α-hetero) is 1. The predicted molar refractivity (Wildman–Crippen MR) is 93.1 cm³/mol. The van der Waals surface area contributed by atoms with Crippen molar-refractivity contribution >= 4 is 34.8 Å². The molecule has 2 aromatic rings. The van der Waals surface area contributed by atoms with Crippen LogP contribution < -0.4 is 5.32 Å². The van der Waals surface area contributed by atoms with Crippen molar-refractivity contribution in [3.63, 3.8) is 0 Å². The van der Waals surface area contributed by atoms with Gasteiger partial charge in [0.05, 0.1) is 0 Å². The van der Waals surface area contributed by atoms with Gasteiger partial charge >= 0.3 is 0 Å². The minimum Gasteiger partial charge on any atom is -0.328 e. The van der Waals surface area contributed by atoms with Crippen LogP contribution in [0.4, 0.5) is 5.95 Å². The molecule has 7 heteroatoms. The Kier molecular flexibility index (Phi) is 3.57. The molecule has 4 rings (SSSR count). The monoisotopic (exact) mass is 346 g/mol. The van der Waals surface area contributed by atoms with E-state index in [0.717, 1.165) is 28.8 Å². The molecule has 120 valence electrons. The molecule has 5 nitrogen and oxygen atoms in total. The van der Waals surface area contributed by atoms with Crippen LogP contribution in [0.25, 0.3) is 0 Å². The van der Waals surface area contributed by atoms with Gasteiger partial charge in [-0.2, -0.15) is 4.98 Å². The van der Waals surface area contributed by atoms with Crippen LogP contribution in [0.15, 0.2) is 27.9 Å². The highest BCUT2D eigenvalue weighted by Crippen LogP contribution is 2.43. The van der Waals surface area contributed by atoms with E-state index in [0.29, 0.717) is 12.3 Å². The molecule has 1 N–H and O–H groups in total. The Morgan fingerprint density at radius 3 is 2.96 bits per heavy atom. The van der Waals surface area contributed by atoms with E-state index in [2.05, 4.69) is 40.7 Å². The molecule has 1 aliphatic heterocycles. The number of anilines is 1. The third-order valence-electron chi connectivity index (χ3n) is 4.44. The van der Waals surface area contributed by atoms with E-state index in [1.54, 1.807) is 11.3 Å². The fourth-order valence-electron chi connectivity index (χ4n) is 3.38. The summed E-state index contributed by atoms with van der Waals surface area (Å²) in [6.07, 6.45) is 3.47. The number of thioether (sulfide) groups is 1. The number of nitrogens with one attached hydrogen (secondary N) is 1. The molecule has 0 saturated carbocycles. The van der Waals surface area contributed by atoms with Crippen LogP contribution in [0.3, 0.4) is 0 Å². The lowest BCUT2D eigenvalue weighted by Gasteiger charge is -2.33. The zero-order valence-electron chi connectivity index (χ0n) is 13.3. The van der Waals surface area contributed by atoms with E-state index in [4.69, 9.17) is 0 Å². The Bertz CT molecular complexity index is 820. The smallest absolute Gasteiger partial charge is 0.227 e.